The van der Waals surface area contributed by atoms with Gasteiger partial charge >= 0.3 is 0 Å². The van der Waals surface area contributed by atoms with Gasteiger partial charge in [-0.1, -0.05) is 44.2 Å². The molecule has 1 aromatic carbocycles. The second-order valence-corrected chi connectivity index (χ2v) is 4.29. The van der Waals surface area contributed by atoms with Crippen LogP contribution in [0.15, 0.2) is 42.6 Å². The summed E-state index contributed by atoms with van der Waals surface area (Å²) in [6.45, 7) is 4.20. The van der Waals surface area contributed by atoms with E-state index in [0.29, 0.717) is 11.5 Å². The summed E-state index contributed by atoms with van der Waals surface area (Å²) >= 11 is 0. The van der Waals surface area contributed by atoms with Gasteiger partial charge in [0.05, 0.1) is 5.56 Å². The Hall–Kier alpha value is -2.14. The first-order valence-corrected chi connectivity index (χ1v) is 5.68. The molecule has 0 radical (unpaired) electrons. The number of nitriles is 1. The average molecular weight is 222 g/mol. The smallest absolute Gasteiger partial charge is 0.101 e. The van der Waals surface area contributed by atoms with Gasteiger partial charge in [-0.25, -0.2) is 0 Å². The lowest BCUT2D eigenvalue weighted by atomic mass is 9.98. The van der Waals surface area contributed by atoms with E-state index in [1.165, 1.54) is 0 Å². The molecule has 0 N–H and O–H groups in total. The minimum atomic E-state index is 0.366. The van der Waals surface area contributed by atoms with Crippen LogP contribution in [0.1, 0.15) is 31.0 Å². The fourth-order valence-corrected chi connectivity index (χ4v) is 1.73. The zero-order valence-electron chi connectivity index (χ0n) is 10.0. The number of benzene rings is 1. The van der Waals surface area contributed by atoms with Gasteiger partial charge in [0.1, 0.15) is 6.07 Å². The molecule has 0 bridgehead atoms. The van der Waals surface area contributed by atoms with E-state index in [0.717, 1.165) is 16.8 Å². The van der Waals surface area contributed by atoms with Crippen LogP contribution < -0.4 is 0 Å². The van der Waals surface area contributed by atoms with Gasteiger partial charge in [0.2, 0.25) is 0 Å². The van der Waals surface area contributed by atoms with Gasteiger partial charge in [0.15, 0.2) is 0 Å². The van der Waals surface area contributed by atoms with E-state index in [1.807, 2.05) is 36.4 Å². The molecule has 1 heterocycles. The van der Waals surface area contributed by atoms with Crippen molar-refractivity contribution in [2.75, 3.05) is 0 Å². The molecule has 17 heavy (non-hydrogen) atoms. The number of rotatable bonds is 2. The molecule has 1 aromatic heterocycles. The van der Waals surface area contributed by atoms with Crippen LogP contribution in [0.2, 0.25) is 0 Å². The quantitative estimate of drug-likeness (QED) is 0.776. The van der Waals surface area contributed by atoms with E-state index in [2.05, 4.69) is 24.9 Å². The highest BCUT2D eigenvalue weighted by atomic mass is 14.7. The Kier molecular flexibility index (Phi) is 3.20. The van der Waals surface area contributed by atoms with Gasteiger partial charge in [0, 0.05) is 17.5 Å². The Bertz CT molecular complexity index is 551. The van der Waals surface area contributed by atoms with Crippen LogP contribution in [0.25, 0.3) is 11.1 Å². The molecule has 0 fully saturated rings. The SMILES string of the molecule is CC(C)c1cc(-c2ccccc2)c(C#N)cn1. The van der Waals surface area contributed by atoms with Crippen molar-refractivity contribution in [3.63, 3.8) is 0 Å². The summed E-state index contributed by atoms with van der Waals surface area (Å²) in [5.41, 5.74) is 3.67. The van der Waals surface area contributed by atoms with E-state index in [-0.39, 0.29) is 0 Å². The molecule has 2 rings (SSSR count). The molecule has 0 aliphatic rings. The van der Waals surface area contributed by atoms with E-state index in [1.54, 1.807) is 6.20 Å². The summed E-state index contributed by atoms with van der Waals surface area (Å²) in [5.74, 6) is 0.366. The van der Waals surface area contributed by atoms with Crippen LogP contribution in [0, 0.1) is 11.3 Å². The monoisotopic (exact) mass is 222 g/mol. The zero-order chi connectivity index (χ0) is 12.3. The first-order chi connectivity index (χ1) is 8.22. The van der Waals surface area contributed by atoms with Crippen molar-refractivity contribution in [3.8, 4) is 17.2 Å². The number of pyridine rings is 1. The zero-order valence-corrected chi connectivity index (χ0v) is 10.0. The number of aromatic nitrogens is 1. The number of nitrogens with zero attached hydrogens (tertiary/aromatic N) is 2. The third-order valence-electron chi connectivity index (χ3n) is 2.72. The van der Waals surface area contributed by atoms with Crippen molar-refractivity contribution in [1.29, 1.82) is 5.26 Å². The highest BCUT2D eigenvalue weighted by molar-refractivity contribution is 5.70. The molecule has 0 saturated heterocycles. The normalized spacial score (nSPS) is 10.2. The highest BCUT2D eigenvalue weighted by Gasteiger charge is 2.08. The first kappa shape index (κ1) is 11.3. The topological polar surface area (TPSA) is 36.7 Å². The van der Waals surface area contributed by atoms with Gasteiger partial charge in [-0.05, 0) is 17.5 Å². The predicted molar refractivity (Wildman–Crippen MR) is 68.5 cm³/mol. The molecule has 0 amide bonds. The minimum Gasteiger partial charge on any atom is -0.260 e. The molecule has 0 atom stereocenters. The second-order valence-electron chi connectivity index (χ2n) is 4.29. The Morgan fingerprint density at radius 1 is 1.18 bits per heavy atom. The van der Waals surface area contributed by atoms with Gasteiger partial charge in [-0.3, -0.25) is 4.98 Å². The van der Waals surface area contributed by atoms with Crippen LogP contribution in [0.5, 0.6) is 0 Å². The maximum absolute atomic E-state index is 9.12. The largest absolute Gasteiger partial charge is 0.260 e. The Labute approximate surface area is 102 Å². The van der Waals surface area contributed by atoms with E-state index >= 15 is 0 Å². The summed E-state index contributed by atoms with van der Waals surface area (Å²) < 4.78 is 0. The third-order valence-corrected chi connectivity index (χ3v) is 2.72. The molecule has 2 nitrogen and oxygen atoms in total. The van der Waals surface area contributed by atoms with Crippen LogP contribution in [0.3, 0.4) is 0 Å². The van der Waals surface area contributed by atoms with Crippen LogP contribution in [0.4, 0.5) is 0 Å². The van der Waals surface area contributed by atoms with E-state index < -0.39 is 0 Å². The molecule has 0 unspecified atom stereocenters. The van der Waals surface area contributed by atoms with Crippen LogP contribution in [-0.4, -0.2) is 4.98 Å². The van der Waals surface area contributed by atoms with Gasteiger partial charge in [-0.2, -0.15) is 5.26 Å². The molecule has 0 aliphatic carbocycles. The highest BCUT2D eigenvalue weighted by Crippen LogP contribution is 2.25. The van der Waals surface area contributed by atoms with Crippen molar-refractivity contribution in [2.24, 2.45) is 0 Å². The summed E-state index contributed by atoms with van der Waals surface area (Å²) in [5, 5.41) is 9.12. The summed E-state index contributed by atoms with van der Waals surface area (Å²) in [6.07, 6.45) is 1.66. The van der Waals surface area contributed by atoms with Crippen LogP contribution >= 0.6 is 0 Å². The summed E-state index contributed by atoms with van der Waals surface area (Å²) in [6, 6.07) is 14.2. The summed E-state index contributed by atoms with van der Waals surface area (Å²) in [7, 11) is 0. The fraction of sp³-hybridized carbons (Fsp3) is 0.200. The molecule has 0 saturated carbocycles. The average Bonchev–Trinajstić information content (AvgIpc) is 2.39. The lowest BCUT2D eigenvalue weighted by Crippen LogP contribution is -1.95. The molecular weight excluding hydrogens is 208 g/mol. The van der Waals surface area contributed by atoms with Crippen molar-refractivity contribution in [1.82, 2.24) is 4.98 Å². The van der Waals surface area contributed by atoms with Crippen molar-refractivity contribution < 1.29 is 0 Å². The minimum absolute atomic E-state index is 0.366. The van der Waals surface area contributed by atoms with E-state index in [4.69, 9.17) is 5.26 Å². The van der Waals surface area contributed by atoms with Crippen molar-refractivity contribution >= 4 is 0 Å². The molecular formula is C15H14N2. The maximum Gasteiger partial charge on any atom is 0.101 e. The van der Waals surface area contributed by atoms with Gasteiger partial charge in [-0.15, -0.1) is 0 Å². The van der Waals surface area contributed by atoms with Gasteiger partial charge < -0.3 is 0 Å². The van der Waals surface area contributed by atoms with E-state index in [9.17, 15) is 0 Å². The van der Waals surface area contributed by atoms with Crippen LogP contribution in [-0.2, 0) is 0 Å². The lowest BCUT2D eigenvalue weighted by molar-refractivity contribution is 0.823. The standard InChI is InChI=1S/C15H14N2/c1-11(2)15-8-14(13(9-16)10-17-15)12-6-4-3-5-7-12/h3-8,10-11H,1-2H3. The Morgan fingerprint density at radius 2 is 1.88 bits per heavy atom. The Morgan fingerprint density at radius 3 is 2.47 bits per heavy atom. The molecule has 2 aromatic rings. The third kappa shape index (κ3) is 2.34. The van der Waals surface area contributed by atoms with Crippen molar-refractivity contribution in [3.05, 3.63) is 53.9 Å². The summed E-state index contributed by atoms with van der Waals surface area (Å²) in [4.78, 5) is 4.31. The second kappa shape index (κ2) is 4.80. The lowest BCUT2D eigenvalue weighted by Gasteiger charge is -2.09. The first-order valence-electron chi connectivity index (χ1n) is 5.68. The number of hydrogen-bond donors (Lipinski definition) is 0. The molecule has 2 heteroatoms. The molecule has 0 aliphatic heterocycles. The predicted octanol–water partition coefficient (Wildman–Crippen LogP) is 3.74. The maximum atomic E-state index is 9.12. The van der Waals surface area contributed by atoms with Crippen molar-refractivity contribution in [2.45, 2.75) is 19.8 Å². The Balaban J connectivity index is 2.59. The number of hydrogen-bond acceptors (Lipinski definition) is 2. The fourth-order valence-electron chi connectivity index (χ4n) is 1.73. The molecule has 0 spiro atoms. The molecule has 84 valence electrons. The van der Waals surface area contributed by atoms with Gasteiger partial charge in [0.25, 0.3) is 0 Å².